The lowest BCUT2D eigenvalue weighted by Gasteiger charge is -2.30. The van der Waals surface area contributed by atoms with Crippen LogP contribution in [0, 0.1) is 5.92 Å². The van der Waals surface area contributed by atoms with E-state index in [1.807, 2.05) is 6.92 Å². The summed E-state index contributed by atoms with van der Waals surface area (Å²) in [5, 5.41) is 13.2. The molecule has 0 spiro atoms. The van der Waals surface area contributed by atoms with E-state index in [4.69, 9.17) is 0 Å². The minimum absolute atomic E-state index is 0.184. The first kappa shape index (κ1) is 18.4. The van der Waals surface area contributed by atoms with Gasteiger partial charge in [0.1, 0.15) is 18.5 Å². The van der Waals surface area contributed by atoms with Gasteiger partial charge in [0.15, 0.2) is 0 Å². The number of aromatic amines is 1. The highest BCUT2D eigenvalue weighted by atomic mass is 19.1. The van der Waals surface area contributed by atoms with E-state index in [1.54, 1.807) is 44.2 Å². The van der Waals surface area contributed by atoms with Gasteiger partial charge in [0.05, 0.1) is 17.1 Å². The predicted octanol–water partition coefficient (Wildman–Crippen LogP) is 1.25. The molecule has 0 fully saturated rings. The molecule has 0 radical (unpaired) electrons. The van der Waals surface area contributed by atoms with Crippen molar-refractivity contribution in [2.45, 2.75) is 32.2 Å². The molecular formula is C17H25FN4O2. The number of aliphatic hydroxyl groups excluding tert-OH is 1. The topological polar surface area (TPSA) is 81.2 Å². The number of likely N-dealkylation sites (N-methyl/N-ethyl adjacent to an activating group) is 2. The van der Waals surface area contributed by atoms with E-state index in [0.717, 1.165) is 11.0 Å². The van der Waals surface area contributed by atoms with Gasteiger partial charge < -0.3 is 15.4 Å². The van der Waals surface area contributed by atoms with Crippen molar-refractivity contribution in [2.75, 3.05) is 21.1 Å². The fourth-order valence-electron chi connectivity index (χ4n) is 2.87. The maximum Gasteiger partial charge on any atom is 0.239 e. The van der Waals surface area contributed by atoms with Crippen LogP contribution in [-0.4, -0.2) is 59.2 Å². The van der Waals surface area contributed by atoms with Crippen LogP contribution in [0.5, 0.6) is 0 Å². The van der Waals surface area contributed by atoms with Crippen LogP contribution in [0.1, 0.15) is 18.3 Å². The molecule has 0 bridgehead atoms. The summed E-state index contributed by atoms with van der Waals surface area (Å²) >= 11 is 0. The first-order chi connectivity index (χ1) is 11.4. The number of carbonyl (C=O) groups excluding carboxylic acids is 1. The molecule has 0 unspecified atom stereocenters. The van der Waals surface area contributed by atoms with Crippen molar-refractivity contribution < 1.29 is 14.3 Å². The Morgan fingerprint density at radius 2 is 2.17 bits per heavy atom. The molecule has 1 heterocycles. The summed E-state index contributed by atoms with van der Waals surface area (Å²) in [5.74, 6) is 0.300. The standard InChI is InChI=1S/C17H25FN4O2/c1-10(16(23)15(22(3)4)17(24)19-2)7-14-20-12-6-5-11(9-18)8-13(12)21-14/h5-6,8,10,15-16,23H,7,9H2,1-4H3,(H,19,24)(H,20,21)/t10-,15+,16-/m1/s1. The Morgan fingerprint density at radius 1 is 1.46 bits per heavy atom. The predicted molar refractivity (Wildman–Crippen MR) is 91.3 cm³/mol. The lowest BCUT2D eigenvalue weighted by Crippen LogP contribution is -2.52. The van der Waals surface area contributed by atoms with Crippen LogP contribution in [0.3, 0.4) is 0 Å². The minimum atomic E-state index is -0.838. The molecule has 3 N–H and O–H groups in total. The molecule has 0 aliphatic carbocycles. The van der Waals surface area contributed by atoms with Crippen LogP contribution in [0.2, 0.25) is 0 Å². The van der Waals surface area contributed by atoms with Gasteiger partial charge in [0, 0.05) is 13.5 Å². The van der Waals surface area contributed by atoms with Gasteiger partial charge in [-0.05, 0) is 37.7 Å². The molecule has 2 rings (SSSR count). The third kappa shape index (κ3) is 3.91. The molecule has 24 heavy (non-hydrogen) atoms. The summed E-state index contributed by atoms with van der Waals surface area (Å²) in [5.41, 5.74) is 2.13. The second-order valence-corrected chi connectivity index (χ2v) is 6.36. The van der Waals surface area contributed by atoms with Gasteiger partial charge in [-0.1, -0.05) is 13.0 Å². The lowest BCUT2D eigenvalue weighted by molar-refractivity contribution is -0.130. The summed E-state index contributed by atoms with van der Waals surface area (Å²) in [6.07, 6.45) is -0.350. The number of alkyl halides is 1. The average molecular weight is 336 g/mol. The molecule has 1 amide bonds. The van der Waals surface area contributed by atoms with E-state index in [1.165, 1.54) is 0 Å². The van der Waals surface area contributed by atoms with Crippen LogP contribution in [-0.2, 0) is 17.9 Å². The summed E-state index contributed by atoms with van der Waals surface area (Å²) < 4.78 is 12.7. The monoisotopic (exact) mass is 336 g/mol. The molecule has 6 nitrogen and oxygen atoms in total. The Kier molecular flexibility index (Phi) is 5.90. The number of hydrogen-bond acceptors (Lipinski definition) is 4. The molecule has 7 heteroatoms. The Morgan fingerprint density at radius 3 is 2.75 bits per heavy atom. The molecule has 2 aromatic rings. The number of amides is 1. The lowest BCUT2D eigenvalue weighted by atomic mass is 9.93. The zero-order valence-electron chi connectivity index (χ0n) is 14.5. The summed E-state index contributed by atoms with van der Waals surface area (Å²) in [6, 6.07) is 4.59. The zero-order chi connectivity index (χ0) is 17.9. The number of aliphatic hydroxyl groups is 1. The number of imidazole rings is 1. The maximum atomic E-state index is 12.7. The molecule has 1 aromatic carbocycles. The number of fused-ring (bicyclic) bond motifs is 1. The summed E-state index contributed by atoms with van der Waals surface area (Å²) in [7, 11) is 5.07. The Balaban J connectivity index is 2.15. The van der Waals surface area contributed by atoms with Crippen molar-refractivity contribution in [1.29, 1.82) is 0 Å². The third-order valence-corrected chi connectivity index (χ3v) is 4.24. The Bertz CT molecular complexity index is 701. The SMILES string of the molecule is CNC(=O)[C@H]([C@H](O)[C@H](C)Cc1nc2ccc(CF)cc2[nH]1)N(C)C. The number of H-pyrrole nitrogens is 1. The number of halogens is 1. The summed E-state index contributed by atoms with van der Waals surface area (Å²) in [6.45, 7) is 1.36. The van der Waals surface area contributed by atoms with Crippen molar-refractivity contribution in [3.63, 3.8) is 0 Å². The fourth-order valence-corrected chi connectivity index (χ4v) is 2.87. The second-order valence-electron chi connectivity index (χ2n) is 6.36. The summed E-state index contributed by atoms with van der Waals surface area (Å²) in [4.78, 5) is 21.3. The van der Waals surface area contributed by atoms with Gasteiger partial charge in [-0.3, -0.25) is 9.69 Å². The van der Waals surface area contributed by atoms with Crippen molar-refractivity contribution >= 4 is 16.9 Å². The van der Waals surface area contributed by atoms with E-state index in [2.05, 4.69) is 15.3 Å². The highest BCUT2D eigenvalue weighted by Crippen LogP contribution is 2.19. The molecule has 132 valence electrons. The van der Waals surface area contributed by atoms with E-state index in [-0.39, 0.29) is 11.8 Å². The van der Waals surface area contributed by atoms with Gasteiger partial charge >= 0.3 is 0 Å². The number of aromatic nitrogens is 2. The van der Waals surface area contributed by atoms with Crippen LogP contribution in [0.15, 0.2) is 18.2 Å². The van der Waals surface area contributed by atoms with Gasteiger partial charge in [0.25, 0.3) is 0 Å². The molecule has 0 saturated heterocycles. The van der Waals surface area contributed by atoms with Crippen LogP contribution in [0.4, 0.5) is 4.39 Å². The van der Waals surface area contributed by atoms with E-state index in [0.29, 0.717) is 17.8 Å². The smallest absolute Gasteiger partial charge is 0.239 e. The highest BCUT2D eigenvalue weighted by Gasteiger charge is 2.32. The van der Waals surface area contributed by atoms with E-state index >= 15 is 0 Å². The number of rotatable bonds is 7. The Labute approximate surface area is 141 Å². The normalized spacial score (nSPS) is 15.5. The largest absolute Gasteiger partial charge is 0.391 e. The zero-order valence-corrected chi connectivity index (χ0v) is 14.5. The average Bonchev–Trinajstić information content (AvgIpc) is 2.95. The molecular weight excluding hydrogens is 311 g/mol. The van der Waals surface area contributed by atoms with Crippen LogP contribution < -0.4 is 5.32 Å². The van der Waals surface area contributed by atoms with Gasteiger partial charge in [0.2, 0.25) is 5.91 Å². The highest BCUT2D eigenvalue weighted by molar-refractivity contribution is 5.82. The number of hydrogen-bond donors (Lipinski definition) is 3. The first-order valence-electron chi connectivity index (χ1n) is 7.97. The number of nitrogens with one attached hydrogen (secondary N) is 2. The molecule has 0 aliphatic rings. The van der Waals surface area contributed by atoms with Gasteiger partial charge in [-0.15, -0.1) is 0 Å². The number of carbonyl (C=O) groups is 1. The Hall–Kier alpha value is -1.99. The molecule has 0 aliphatic heterocycles. The first-order valence-corrected chi connectivity index (χ1v) is 7.97. The van der Waals surface area contributed by atoms with Crippen molar-refractivity contribution in [3.8, 4) is 0 Å². The van der Waals surface area contributed by atoms with E-state index < -0.39 is 18.8 Å². The van der Waals surface area contributed by atoms with Gasteiger partial charge in [-0.25, -0.2) is 9.37 Å². The second kappa shape index (κ2) is 7.72. The van der Waals surface area contributed by atoms with Crippen LogP contribution >= 0.6 is 0 Å². The molecule has 0 saturated carbocycles. The fraction of sp³-hybridized carbons (Fsp3) is 0.529. The molecule has 1 aromatic heterocycles. The van der Waals surface area contributed by atoms with Gasteiger partial charge in [-0.2, -0.15) is 0 Å². The van der Waals surface area contributed by atoms with Crippen molar-refractivity contribution in [1.82, 2.24) is 20.2 Å². The minimum Gasteiger partial charge on any atom is -0.391 e. The quantitative estimate of drug-likeness (QED) is 0.711. The van der Waals surface area contributed by atoms with Crippen molar-refractivity contribution in [3.05, 3.63) is 29.6 Å². The third-order valence-electron chi connectivity index (χ3n) is 4.24. The van der Waals surface area contributed by atoms with E-state index in [9.17, 15) is 14.3 Å². The molecule has 3 atom stereocenters. The number of benzene rings is 1. The van der Waals surface area contributed by atoms with Crippen LogP contribution in [0.25, 0.3) is 11.0 Å². The number of nitrogens with zero attached hydrogens (tertiary/aromatic N) is 2. The maximum absolute atomic E-state index is 12.7. The van der Waals surface area contributed by atoms with Crippen molar-refractivity contribution in [2.24, 2.45) is 5.92 Å².